The van der Waals surface area contributed by atoms with Crippen LogP contribution in [0.15, 0.2) is 36.8 Å². The molecular formula is C13H8Cl2N4O. The number of carbonyl (C=O) groups excluding carboxylic acids is 1. The van der Waals surface area contributed by atoms with Crippen LogP contribution < -0.4 is 5.32 Å². The van der Waals surface area contributed by atoms with Crippen LogP contribution in [0, 0.1) is 0 Å². The van der Waals surface area contributed by atoms with Gasteiger partial charge in [0, 0.05) is 17.1 Å². The van der Waals surface area contributed by atoms with Crippen LogP contribution in [0.4, 0.5) is 5.69 Å². The predicted octanol–water partition coefficient (Wildman–Crippen LogP) is 3.52. The number of nitrogens with one attached hydrogen (secondary N) is 2. The van der Waals surface area contributed by atoms with E-state index in [1.807, 2.05) is 24.3 Å². The van der Waals surface area contributed by atoms with Crippen LogP contribution in [0.3, 0.4) is 0 Å². The molecule has 3 rings (SSSR count). The maximum atomic E-state index is 12.3. The highest BCUT2D eigenvalue weighted by Gasteiger charge is 2.16. The van der Waals surface area contributed by atoms with Gasteiger partial charge in [-0.2, -0.15) is 0 Å². The lowest BCUT2D eigenvalue weighted by molar-refractivity contribution is 0.102. The van der Waals surface area contributed by atoms with Crippen molar-refractivity contribution in [2.45, 2.75) is 0 Å². The molecule has 0 fully saturated rings. The lowest BCUT2D eigenvalue weighted by atomic mass is 10.1. The number of nitrogens with zero attached hydrogens (tertiary/aromatic N) is 2. The quantitative estimate of drug-likeness (QED) is 0.712. The molecule has 0 spiro atoms. The summed E-state index contributed by atoms with van der Waals surface area (Å²) in [5.41, 5.74) is 1.57. The van der Waals surface area contributed by atoms with E-state index in [1.165, 1.54) is 6.33 Å². The van der Waals surface area contributed by atoms with Gasteiger partial charge in [0.25, 0.3) is 5.91 Å². The van der Waals surface area contributed by atoms with Gasteiger partial charge in [-0.25, -0.2) is 9.97 Å². The molecule has 0 atom stereocenters. The average Bonchev–Trinajstić information content (AvgIpc) is 2.87. The summed E-state index contributed by atoms with van der Waals surface area (Å²) in [6.07, 6.45) is 2.86. The Labute approximate surface area is 124 Å². The van der Waals surface area contributed by atoms with E-state index in [9.17, 15) is 4.79 Å². The second kappa shape index (κ2) is 5.11. The van der Waals surface area contributed by atoms with Crippen molar-refractivity contribution >= 4 is 45.7 Å². The number of fused-ring (bicyclic) bond motifs is 1. The lowest BCUT2D eigenvalue weighted by Crippen LogP contribution is -2.13. The van der Waals surface area contributed by atoms with Crippen LogP contribution in [-0.2, 0) is 0 Å². The number of hydrogen-bond acceptors (Lipinski definition) is 3. The number of aromatic amines is 1. The van der Waals surface area contributed by atoms with Gasteiger partial charge in [-0.3, -0.25) is 4.79 Å². The lowest BCUT2D eigenvalue weighted by Gasteiger charge is -2.06. The van der Waals surface area contributed by atoms with Crippen molar-refractivity contribution in [1.82, 2.24) is 15.0 Å². The van der Waals surface area contributed by atoms with E-state index in [1.54, 1.807) is 6.20 Å². The number of anilines is 1. The minimum absolute atomic E-state index is 0.0955. The van der Waals surface area contributed by atoms with E-state index >= 15 is 0 Å². The number of rotatable bonds is 2. The summed E-state index contributed by atoms with van der Waals surface area (Å²) < 4.78 is 0. The van der Waals surface area contributed by atoms with Gasteiger partial charge in [0.1, 0.15) is 12.0 Å². The van der Waals surface area contributed by atoms with Crippen molar-refractivity contribution in [2.24, 2.45) is 0 Å². The second-order valence-corrected chi connectivity index (χ2v) is 4.75. The van der Waals surface area contributed by atoms with Gasteiger partial charge in [-0.05, 0) is 6.07 Å². The Hall–Kier alpha value is -2.11. The molecule has 0 saturated heterocycles. The number of carbonyl (C=O) groups is 1. The molecule has 5 nitrogen and oxygen atoms in total. The van der Waals surface area contributed by atoms with Crippen LogP contribution in [0.2, 0.25) is 10.3 Å². The molecule has 1 aromatic carbocycles. The molecule has 3 aromatic rings. The molecule has 2 N–H and O–H groups in total. The first-order valence-electron chi connectivity index (χ1n) is 5.70. The molecule has 100 valence electrons. The largest absolute Gasteiger partial charge is 0.360 e. The fourth-order valence-electron chi connectivity index (χ4n) is 1.89. The average molecular weight is 307 g/mol. The Morgan fingerprint density at radius 1 is 1.15 bits per heavy atom. The van der Waals surface area contributed by atoms with Crippen LogP contribution in [0.5, 0.6) is 0 Å². The zero-order valence-corrected chi connectivity index (χ0v) is 11.5. The molecule has 0 aliphatic heterocycles. The second-order valence-electron chi connectivity index (χ2n) is 4.03. The SMILES string of the molecule is O=C(Nc1c(Cl)ncnc1Cl)c1c[nH]c2ccccc12. The molecule has 0 aliphatic rings. The Morgan fingerprint density at radius 2 is 1.85 bits per heavy atom. The van der Waals surface area contributed by atoms with Crippen molar-refractivity contribution in [3.8, 4) is 0 Å². The van der Waals surface area contributed by atoms with E-state index in [0.29, 0.717) is 5.56 Å². The fourth-order valence-corrected chi connectivity index (χ4v) is 2.30. The van der Waals surface area contributed by atoms with E-state index in [2.05, 4.69) is 20.3 Å². The van der Waals surface area contributed by atoms with Crippen molar-refractivity contribution in [2.75, 3.05) is 5.32 Å². The molecule has 0 saturated carbocycles. The van der Waals surface area contributed by atoms with Crippen LogP contribution in [-0.4, -0.2) is 20.9 Å². The van der Waals surface area contributed by atoms with Crippen molar-refractivity contribution in [1.29, 1.82) is 0 Å². The molecule has 0 aliphatic carbocycles. The summed E-state index contributed by atoms with van der Waals surface area (Å²) >= 11 is 11.8. The predicted molar refractivity (Wildman–Crippen MR) is 78.3 cm³/mol. The molecule has 2 aromatic heterocycles. The molecule has 2 heterocycles. The van der Waals surface area contributed by atoms with Gasteiger partial charge in [0.2, 0.25) is 0 Å². The number of halogens is 2. The molecule has 0 radical (unpaired) electrons. The van der Waals surface area contributed by atoms with Gasteiger partial charge in [-0.1, -0.05) is 41.4 Å². The zero-order chi connectivity index (χ0) is 14.1. The first kappa shape index (κ1) is 12.9. The number of aromatic nitrogens is 3. The summed E-state index contributed by atoms with van der Waals surface area (Å²) in [5.74, 6) is -0.332. The van der Waals surface area contributed by atoms with Crippen molar-refractivity contribution < 1.29 is 4.79 Å². The maximum Gasteiger partial charge on any atom is 0.257 e. The van der Waals surface area contributed by atoms with E-state index in [-0.39, 0.29) is 21.9 Å². The minimum atomic E-state index is -0.332. The summed E-state index contributed by atoms with van der Waals surface area (Å²) in [4.78, 5) is 22.9. The van der Waals surface area contributed by atoms with Crippen LogP contribution >= 0.6 is 23.2 Å². The third-order valence-corrected chi connectivity index (χ3v) is 3.40. The smallest absolute Gasteiger partial charge is 0.257 e. The van der Waals surface area contributed by atoms with Gasteiger partial charge in [0.15, 0.2) is 10.3 Å². The van der Waals surface area contributed by atoms with Crippen molar-refractivity contribution in [3.05, 3.63) is 52.7 Å². The van der Waals surface area contributed by atoms with E-state index in [4.69, 9.17) is 23.2 Å². The van der Waals surface area contributed by atoms with Gasteiger partial charge < -0.3 is 10.3 Å². The third-order valence-electron chi connectivity index (χ3n) is 2.83. The topological polar surface area (TPSA) is 70.7 Å². The summed E-state index contributed by atoms with van der Waals surface area (Å²) in [5, 5.41) is 3.63. The zero-order valence-electron chi connectivity index (χ0n) is 10.0. The van der Waals surface area contributed by atoms with Gasteiger partial charge in [0.05, 0.1) is 5.56 Å². The molecule has 0 unspecified atom stereocenters. The number of H-pyrrole nitrogens is 1. The van der Waals surface area contributed by atoms with E-state index < -0.39 is 0 Å². The Bertz CT molecular complexity index is 780. The molecule has 7 heteroatoms. The fraction of sp³-hybridized carbons (Fsp3) is 0. The standard InChI is InChI=1S/C13H8Cl2N4O/c14-11-10(12(15)18-6-17-11)19-13(20)8-5-16-9-4-2-1-3-7(8)9/h1-6,16H,(H,19,20). The highest BCUT2D eigenvalue weighted by Crippen LogP contribution is 2.27. The molecular weight excluding hydrogens is 299 g/mol. The Balaban J connectivity index is 1.98. The monoisotopic (exact) mass is 306 g/mol. The Kier molecular flexibility index (Phi) is 3.30. The first-order valence-corrected chi connectivity index (χ1v) is 6.46. The summed E-state index contributed by atoms with van der Waals surface area (Å²) in [7, 11) is 0. The summed E-state index contributed by atoms with van der Waals surface area (Å²) in [6, 6.07) is 7.49. The molecule has 1 amide bonds. The number of hydrogen-bond donors (Lipinski definition) is 2. The number of benzene rings is 1. The van der Waals surface area contributed by atoms with Crippen LogP contribution in [0.1, 0.15) is 10.4 Å². The molecule has 0 bridgehead atoms. The van der Waals surface area contributed by atoms with Crippen LogP contribution in [0.25, 0.3) is 10.9 Å². The Morgan fingerprint density at radius 3 is 2.60 bits per heavy atom. The van der Waals surface area contributed by atoms with Crippen molar-refractivity contribution in [3.63, 3.8) is 0 Å². The van der Waals surface area contributed by atoms with E-state index in [0.717, 1.165) is 10.9 Å². The summed E-state index contributed by atoms with van der Waals surface area (Å²) in [6.45, 7) is 0. The first-order chi connectivity index (χ1) is 9.66. The van der Waals surface area contributed by atoms with Gasteiger partial charge >= 0.3 is 0 Å². The maximum absolute atomic E-state index is 12.3. The van der Waals surface area contributed by atoms with Gasteiger partial charge in [-0.15, -0.1) is 0 Å². The molecule has 20 heavy (non-hydrogen) atoms. The number of para-hydroxylation sites is 1. The highest BCUT2D eigenvalue weighted by molar-refractivity contribution is 6.38. The number of amides is 1. The minimum Gasteiger partial charge on any atom is -0.360 e. The normalized spacial score (nSPS) is 10.7. The highest BCUT2D eigenvalue weighted by atomic mass is 35.5. The third kappa shape index (κ3) is 2.21.